The summed E-state index contributed by atoms with van der Waals surface area (Å²) in [4.78, 5) is 38.2. The quantitative estimate of drug-likeness (QED) is 0.172. The molecule has 2 rings (SSSR count). The van der Waals surface area contributed by atoms with Gasteiger partial charge >= 0.3 is 11.9 Å². The van der Waals surface area contributed by atoms with Gasteiger partial charge in [0.2, 0.25) is 0 Å². The van der Waals surface area contributed by atoms with E-state index >= 15 is 0 Å². The van der Waals surface area contributed by atoms with E-state index in [1.54, 1.807) is 7.05 Å². The molecule has 41 heavy (non-hydrogen) atoms. The van der Waals surface area contributed by atoms with E-state index in [-0.39, 0.29) is 29.7 Å². The van der Waals surface area contributed by atoms with Gasteiger partial charge in [-0.3, -0.25) is 14.4 Å². The Morgan fingerprint density at radius 1 is 0.854 bits per heavy atom. The average molecular weight is 582 g/mol. The summed E-state index contributed by atoms with van der Waals surface area (Å²) in [6, 6.07) is 16.7. The zero-order valence-electron chi connectivity index (χ0n) is 26.5. The molecule has 0 saturated heterocycles. The van der Waals surface area contributed by atoms with Crippen molar-refractivity contribution in [1.29, 1.82) is 0 Å². The molecular weight excluding hydrogens is 530 g/mol. The van der Waals surface area contributed by atoms with Crippen molar-refractivity contribution in [2.45, 2.75) is 97.5 Å². The van der Waals surface area contributed by atoms with Gasteiger partial charge in [-0.15, -0.1) is 0 Å². The second-order valence-corrected chi connectivity index (χ2v) is 18.8. The molecule has 0 radical (unpaired) electrons. The zero-order valence-corrected chi connectivity index (χ0v) is 27.5. The maximum absolute atomic E-state index is 13.3. The predicted octanol–water partition coefficient (Wildman–Crippen LogP) is 7.68. The molecule has 0 aromatic heterocycles. The van der Waals surface area contributed by atoms with Crippen LogP contribution in [0.4, 0.5) is 0 Å². The van der Waals surface area contributed by atoms with Crippen molar-refractivity contribution in [3.8, 4) is 11.1 Å². The van der Waals surface area contributed by atoms with Crippen molar-refractivity contribution in [2.24, 2.45) is 11.8 Å². The first-order valence-corrected chi connectivity index (χ1v) is 18.7. The topological polar surface area (TPSA) is 81.7 Å². The van der Waals surface area contributed by atoms with Crippen molar-refractivity contribution in [1.82, 2.24) is 5.32 Å². The summed E-state index contributed by atoms with van der Waals surface area (Å²) in [5.74, 6) is -1.24. The van der Waals surface area contributed by atoms with Crippen LogP contribution < -0.4 is 5.32 Å². The third-order valence-corrected chi connectivity index (χ3v) is 8.79. The molecular formula is C34H51NO5Si. The lowest BCUT2D eigenvalue weighted by atomic mass is 9.86. The molecule has 2 aromatic carbocycles. The minimum Gasteiger partial charge on any atom is -0.466 e. The Morgan fingerprint density at radius 3 is 1.93 bits per heavy atom. The number of nitrogens with one attached hydrogen (secondary N) is 1. The lowest BCUT2D eigenvalue weighted by Gasteiger charge is -2.26. The maximum Gasteiger partial charge on any atom is 0.309 e. The van der Waals surface area contributed by atoms with Crippen LogP contribution in [0.2, 0.25) is 25.7 Å². The van der Waals surface area contributed by atoms with Crippen molar-refractivity contribution in [2.75, 3.05) is 13.7 Å². The standard InChI is InChI=1S/C34H51NO5Si/c1-9-10-11-29(33(38)40-34(2,3)4)24-30(32(37)39-22-23-41(6,7)8)17-14-25-12-15-26(16-13-25)27-18-20-28(21-19-27)31(36)35-5/h12-13,15-16,18-21,29-30H,9-11,14,17,22-24H2,1-8H3,(H,35,36)/t29-,30+/m0/s1. The molecule has 0 aliphatic rings. The smallest absolute Gasteiger partial charge is 0.309 e. The van der Waals surface area contributed by atoms with E-state index in [1.807, 2.05) is 45.0 Å². The minimum absolute atomic E-state index is 0.107. The van der Waals surface area contributed by atoms with Gasteiger partial charge in [0.1, 0.15) is 5.60 Å². The van der Waals surface area contributed by atoms with Crippen LogP contribution in [0.3, 0.4) is 0 Å². The molecule has 0 aliphatic carbocycles. The van der Waals surface area contributed by atoms with E-state index < -0.39 is 13.7 Å². The molecule has 226 valence electrons. The molecule has 6 nitrogen and oxygen atoms in total. The van der Waals surface area contributed by atoms with Gasteiger partial charge in [0.25, 0.3) is 5.91 Å². The van der Waals surface area contributed by atoms with Gasteiger partial charge in [-0.1, -0.05) is 75.8 Å². The number of amides is 1. The van der Waals surface area contributed by atoms with Gasteiger partial charge in [0, 0.05) is 20.7 Å². The highest BCUT2D eigenvalue weighted by Gasteiger charge is 2.31. The van der Waals surface area contributed by atoms with Gasteiger partial charge in [-0.25, -0.2) is 0 Å². The zero-order chi connectivity index (χ0) is 30.6. The number of esters is 2. The monoisotopic (exact) mass is 581 g/mol. The fourth-order valence-corrected chi connectivity index (χ4v) is 5.30. The molecule has 1 N–H and O–H groups in total. The Morgan fingerprint density at radius 2 is 1.41 bits per heavy atom. The van der Waals surface area contributed by atoms with Crippen molar-refractivity contribution in [3.05, 3.63) is 59.7 Å². The van der Waals surface area contributed by atoms with E-state index in [4.69, 9.17) is 9.47 Å². The largest absolute Gasteiger partial charge is 0.466 e. The fraction of sp³-hybridized carbons (Fsp3) is 0.559. The number of rotatable bonds is 15. The highest BCUT2D eigenvalue weighted by Crippen LogP contribution is 2.28. The second-order valence-electron chi connectivity index (χ2n) is 13.2. The van der Waals surface area contributed by atoms with Gasteiger partial charge in [-0.05, 0) is 81.3 Å². The van der Waals surface area contributed by atoms with E-state index in [0.29, 0.717) is 37.9 Å². The Balaban J connectivity index is 2.16. The Kier molecular flexibility index (Phi) is 13.3. The fourth-order valence-electron chi connectivity index (χ4n) is 4.58. The SMILES string of the molecule is CCCC[C@@H](C[C@@H](CCc1ccc(-c2ccc(C(=O)NC)cc2)cc1)C(=O)OCC[Si](C)(C)C)C(=O)OC(C)(C)C. The number of hydrogen-bond acceptors (Lipinski definition) is 5. The lowest BCUT2D eigenvalue weighted by Crippen LogP contribution is -2.32. The summed E-state index contributed by atoms with van der Waals surface area (Å²) in [7, 11) is 0.281. The molecule has 0 fully saturated rings. The summed E-state index contributed by atoms with van der Waals surface area (Å²) >= 11 is 0. The van der Waals surface area contributed by atoms with Gasteiger partial charge < -0.3 is 14.8 Å². The Hall–Kier alpha value is -2.93. The molecule has 0 spiro atoms. The highest BCUT2D eigenvalue weighted by molar-refractivity contribution is 6.76. The van der Waals surface area contributed by atoms with Crippen LogP contribution >= 0.6 is 0 Å². The third kappa shape index (κ3) is 12.6. The van der Waals surface area contributed by atoms with Crippen molar-refractivity contribution < 1.29 is 23.9 Å². The summed E-state index contributed by atoms with van der Waals surface area (Å²) < 4.78 is 11.5. The molecule has 1 amide bonds. The van der Waals surface area contributed by atoms with Crippen LogP contribution in [0.1, 0.15) is 75.7 Å². The van der Waals surface area contributed by atoms with Crippen LogP contribution in [0, 0.1) is 11.8 Å². The van der Waals surface area contributed by atoms with Gasteiger partial charge in [0.05, 0.1) is 18.4 Å². The van der Waals surface area contributed by atoms with Gasteiger partial charge in [0.15, 0.2) is 0 Å². The summed E-state index contributed by atoms with van der Waals surface area (Å²) in [6.45, 7) is 15.0. The molecule has 2 atom stereocenters. The van der Waals surface area contributed by atoms with Crippen LogP contribution in [0.5, 0.6) is 0 Å². The van der Waals surface area contributed by atoms with E-state index in [9.17, 15) is 14.4 Å². The number of carbonyl (C=O) groups is 3. The molecule has 0 heterocycles. The van der Waals surface area contributed by atoms with Gasteiger partial charge in [-0.2, -0.15) is 0 Å². The first kappa shape index (κ1) is 34.3. The van der Waals surface area contributed by atoms with Crippen LogP contribution in [-0.4, -0.2) is 45.2 Å². The Labute approximate surface area is 248 Å². The first-order valence-electron chi connectivity index (χ1n) is 15.0. The van der Waals surface area contributed by atoms with E-state index in [0.717, 1.165) is 35.6 Å². The van der Waals surface area contributed by atoms with Crippen LogP contribution in [0.25, 0.3) is 11.1 Å². The molecule has 0 saturated carbocycles. The second kappa shape index (κ2) is 15.9. The van der Waals surface area contributed by atoms with Crippen molar-refractivity contribution >= 4 is 25.9 Å². The number of unbranched alkanes of at least 4 members (excludes halogenated alkanes) is 1. The molecule has 0 unspecified atom stereocenters. The highest BCUT2D eigenvalue weighted by atomic mass is 28.3. The summed E-state index contributed by atoms with van der Waals surface area (Å²) in [5, 5.41) is 2.64. The number of hydrogen-bond donors (Lipinski definition) is 1. The van der Waals surface area contributed by atoms with Crippen LogP contribution in [-0.2, 0) is 25.5 Å². The minimum atomic E-state index is -1.34. The normalized spacial score (nSPS) is 13.3. The van der Waals surface area contributed by atoms with Crippen LogP contribution in [0.15, 0.2) is 48.5 Å². The Bertz CT molecular complexity index is 1110. The number of ether oxygens (including phenoxy) is 2. The molecule has 0 bridgehead atoms. The molecule has 2 aromatic rings. The van der Waals surface area contributed by atoms with E-state index in [2.05, 4.69) is 56.1 Å². The third-order valence-electron chi connectivity index (χ3n) is 7.09. The molecule has 7 heteroatoms. The average Bonchev–Trinajstić information content (AvgIpc) is 2.90. The maximum atomic E-state index is 13.3. The number of benzene rings is 2. The van der Waals surface area contributed by atoms with E-state index in [1.165, 1.54) is 0 Å². The number of aryl methyl sites for hydroxylation is 1. The molecule has 0 aliphatic heterocycles. The summed E-state index contributed by atoms with van der Waals surface area (Å²) in [5.41, 5.74) is 3.27. The van der Waals surface area contributed by atoms with Crippen molar-refractivity contribution in [3.63, 3.8) is 0 Å². The first-order chi connectivity index (χ1) is 19.2. The predicted molar refractivity (Wildman–Crippen MR) is 170 cm³/mol. The number of carbonyl (C=O) groups excluding carboxylic acids is 3. The lowest BCUT2D eigenvalue weighted by molar-refractivity contribution is -0.162. The summed E-state index contributed by atoms with van der Waals surface area (Å²) in [6.07, 6.45) is 4.35.